The molecule has 31 heavy (non-hydrogen) atoms. The third kappa shape index (κ3) is 6.64. The number of fused-ring (bicyclic) bond motifs is 1. The summed E-state index contributed by atoms with van der Waals surface area (Å²) in [5.41, 5.74) is 1.94. The van der Waals surface area contributed by atoms with Crippen LogP contribution >= 0.6 is 0 Å². The van der Waals surface area contributed by atoms with Crippen molar-refractivity contribution < 1.29 is 36.2 Å². The molecule has 0 saturated heterocycles. The second-order valence-electron chi connectivity index (χ2n) is 7.96. The summed E-state index contributed by atoms with van der Waals surface area (Å²) in [6.45, 7) is 2.10. The Hall–Kier alpha value is -1.70. The standard InChI is InChI=1S/C16H28N4O3S.C2HF3O2/c1-18(2)24(21,22)20-8-14(11-23-10-13-6-4-5-7-13)16-15(9-20)17-12-19(16)3;3-2(4,5)1(6)7/h12-14H,4-11H2,1-3H3;(H,6,7). The molecule has 1 aromatic rings. The third-order valence-electron chi connectivity index (χ3n) is 5.38. The first-order valence-corrected chi connectivity index (χ1v) is 11.3. The lowest BCUT2D eigenvalue weighted by molar-refractivity contribution is -0.192. The maximum Gasteiger partial charge on any atom is 0.490 e. The minimum absolute atomic E-state index is 0.0254. The minimum atomic E-state index is -5.08. The first-order valence-electron chi connectivity index (χ1n) is 9.89. The van der Waals surface area contributed by atoms with Gasteiger partial charge < -0.3 is 14.4 Å². The van der Waals surface area contributed by atoms with Crippen molar-refractivity contribution in [2.45, 2.75) is 44.3 Å². The second-order valence-corrected chi connectivity index (χ2v) is 10.1. The van der Waals surface area contributed by atoms with Crippen molar-refractivity contribution in [2.75, 3.05) is 33.9 Å². The number of aryl methyl sites for hydroxylation is 1. The first kappa shape index (κ1) is 25.6. The third-order valence-corrected chi connectivity index (χ3v) is 7.23. The predicted molar refractivity (Wildman–Crippen MR) is 105 cm³/mol. The molecule has 1 saturated carbocycles. The highest BCUT2D eigenvalue weighted by atomic mass is 32.2. The molecule has 0 aromatic carbocycles. The van der Waals surface area contributed by atoms with Gasteiger partial charge in [-0.15, -0.1) is 0 Å². The summed E-state index contributed by atoms with van der Waals surface area (Å²) in [6.07, 6.45) is 1.79. The van der Waals surface area contributed by atoms with E-state index < -0.39 is 22.4 Å². The van der Waals surface area contributed by atoms with Gasteiger partial charge in [-0.25, -0.2) is 9.78 Å². The van der Waals surface area contributed by atoms with Crippen molar-refractivity contribution in [1.29, 1.82) is 0 Å². The summed E-state index contributed by atoms with van der Waals surface area (Å²) in [5, 5.41) is 7.12. The lowest BCUT2D eigenvalue weighted by atomic mass is 10.0. The number of hydrogen-bond acceptors (Lipinski definition) is 5. The summed E-state index contributed by atoms with van der Waals surface area (Å²) in [4.78, 5) is 13.3. The average Bonchev–Trinajstić information content (AvgIpc) is 3.31. The molecule has 0 spiro atoms. The Labute approximate surface area is 180 Å². The maximum absolute atomic E-state index is 12.5. The number of aromatic nitrogens is 2. The molecule has 0 bridgehead atoms. The van der Waals surface area contributed by atoms with Crippen LogP contribution in [0.5, 0.6) is 0 Å². The summed E-state index contributed by atoms with van der Waals surface area (Å²) in [5.74, 6) is -2.06. The number of imidazole rings is 1. The van der Waals surface area contributed by atoms with E-state index in [0.717, 1.165) is 18.0 Å². The SMILES string of the molecule is CN(C)S(=O)(=O)N1Cc2ncn(C)c2C(COCC2CCCC2)C1.O=C(O)C(F)(F)F. The molecule has 1 atom stereocenters. The number of carboxylic acids is 1. The molecular weight excluding hydrogens is 441 g/mol. The zero-order valence-electron chi connectivity index (χ0n) is 17.8. The molecule has 9 nitrogen and oxygen atoms in total. The fourth-order valence-electron chi connectivity index (χ4n) is 3.79. The van der Waals surface area contributed by atoms with Crippen molar-refractivity contribution >= 4 is 16.2 Å². The largest absolute Gasteiger partial charge is 0.490 e. The monoisotopic (exact) mass is 470 g/mol. The Morgan fingerprint density at radius 2 is 1.87 bits per heavy atom. The van der Waals surface area contributed by atoms with E-state index in [0.29, 0.717) is 25.6 Å². The molecule has 1 aliphatic heterocycles. The molecule has 13 heteroatoms. The zero-order valence-corrected chi connectivity index (χ0v) is 18.6. The van der Waals surface area contributed by atoms with Gasteiger partial charge in [0, 0.05) is 45.9 Å². The molecular formula is C18H29F3N4O5S. The van der Waals surface area contributed by atoms with E-state index in [2.05, 4.69) is 4.98 Å². The molecule has 178 valence electrons. The van der Waals surface area contributed by atoms with Crippen LogP contribution in [-0.4, -0.2) is 77.7 Å². The number of alkyl halides is 3. The van der Waals surface area contributed by atoms with Crippen LogP contribution in [-0.2, 0) is 33.3 Å². The normalized spacial score (nSPS) is 20.4. The number of rotatable bonds is 6. The van der Waals surface area contributed by atoms with E-state index >= 15 is 0 Å². The van der Waals surface area contributed by atoms with E-state index in [-0.39, 0.29) is 5.92 Å². The molecule has 1 fully saturated rings. The Balaban J connectivity index is 0.000000423. The van der Waals surface area contributed by atoms with Crippen LogP contribution in [0, 0.1) is 5.92 Å². The van der Waals surface area contributed by atoms with Gasteiger partial charge in [-0.3, -0.25) is 0 Å². The number of nitrogens with zero attached hydrogens (tertiary/aromatic N) is 4. The maximum atomic E-state index is 12.5. The van der Waals surface area contributed by atoms with Gasteiger partial charge >= 0.3 is 12.1 Å². The van der Waals surface area contributed by atoms with Crippen molar-refractivity contribution in [3.8, 4) is 0 Å². The number of ether oxygens (including phenoxy) is 1. The first-order chi connectivity index (χ1) is 14.3. The Bertz CT molecular complexity index is 851. The van der Waals surface area contributed by atoms with Gasteiger partial charge in [0.15, 0.2) is 0 Å². The zero-order chi connectivity index (χ0) is 23.4. The van der Waals surface area contributed by atoms with Gasteiger partial charge in [-0.05, 0) is 18.8 Å². The predicted octanol–water partition coefficient (Wildman–Crippen LogP) is 1.97. The van der Waals surface area contributed by atoms with E-state index in [9.17, 15) is 21.6 Å². The van der Waals surface area contributed by atoms with Crippen LogP contribution in [0.15, 0.2) is 6.33 Å². The fraction of sp³-hybridized carbons (Fsp3) is 0.778. The summed E-state index contributed by atoms with van der Waals surface area (Å²) in [6, 6.07) is 0. The highest BCUT2D eigenvalue weighted by Gasteiger charge is 2.38. The summed E-state index contributed by atoms with van der Waals surface area (Å²) in [7, 11) is 1.65. The fourth-order valence-corrected chi connectivity index (χ4v) is 4.91. The smallest absolute Gasteiger partial charge is 0.475 e. The number of aliphatic carboxylic acids is 1. The van der Waals surface area contributed by atoms with Gasteiger partial charge in [0.25, 0.3) is 10.2 Å². The van der Waals surface area contributed by atoms with E-state index in [1.807, 2.05) is 11.6 Å². The van der Waals surface area contributed by atoms with E-state index in [1.165, 1.54) is 34.3 Å². The Morgan fingerprint density at radius 1 is 1.29 bits per heavy atom. The minimum Gasteiger partial charge on any atom is -0.475 e. The highest BCUT2D eigenvalue weighted by molar-refractivity contribution is 7.86. The van der Waals surface area contributed by atoms with Crippen LogP contribution in [0.2, 0.25) is 0 Å². The molecule has 2 heterocycles. The molecule has 0 amide bonds. The summed E-state index contributed by atoms with van der Waals surface area (Å²) < 4.78 is 67.5. The van der Waals surface area contributed by atoms with Crippen LogP contribution < -0.4 is 0 Å². The average molecular weight is 471 g/mol. The summed E-state index contributed by atoms with van der Waals surface area (Å²) >= 11 is 0. The molecule has 1 aromatic heterocycles. The van der Waals surface area contributed by atoms with E-state index in [4.69, 9.17) is 14.6 Å². The van der Waals surface area contributed by atoms with Gasteiger partial charge in [-0.2, -0.15) is 30.2 Å². The van der Waals surface area contributed by atoms with E-state index in [1.54, 1.807) is 20.4 Å². The van der Waals surface area contributed by atoms with Gasteiger partial charge in [0.1, 0.15) is 0 Å². The van der Waals surface area contributed by atoms with Crippen molar-refractivity contribution in [3.05, 3.63) is 17.7 Å². The van der Waals surface area contributed by atoms with Gasteiger partial charge in [-0.1, -0.05) is 12.8 Å². The van der Waals surface area contributed by atoms with Crippen molar-refractivity contribution in [1.82, 2.24) is 18.2 Å². The molecule has 2 aliphatic rings. The van der Waals surface area contributed by atoms with Crippen molar-refractivity contribution in [2.24, 2.45) is 13.0 Å². The quantitative estimate of drug-likeness (QED) is 0.682. The lowest BCUT2D eigenvalue weighted by Gasteiger charge is -2.33. The Morgan fingerprint density at radius 3 is 2.39 bits per heavy atom. The van der Waals surface area contributed by atoms with Crippen LogP contribution in [0.25, 0.3) is 0 Å². The number of hydrogen-bond donors (Lipinski definition) is 1. The van der Waals surface area contributed by atoms with Crippen LogP contribution in [0.4, 0.5) is 13.2 Å². The van der Waals surface area contributed by atoms with Gasteiger partial charge in [0.05, 0.1) is 25.2 Å². The molecule has 1 unspecified atom stereocenters. The molecule has 1 N–H and O–H groups in total. The molecule has 3 rings (SSSR count). The number of carbonyl (C=O) groups is 1. The highest BCUT2D eigenvalue weighted by Crippen LogP contribution is 2.31. The lowest BCUT2D eigenvalue weighted by Crippen LogP contribution is -2.45. The second kappa shape index (κ2) is 10.3. The molecule has 0 radical (unpaired) electrons. The van der Waals surface area contributed by atoms with Crippen molar-refractivity contribution in [3.63, 3.8) is 0 Å². The number of carboxylic acid groups (broad SMARTS) is 1. The van der Waals surface area contributed by atoms with Crippen LogP contribution in [0.3, 0.4) is 0 Å². The number of halogens is 3. The molecule has 1 aliphatic carbocycles. The Kier molecular flexibility index (Phi) is 8.47. The topological polar surface area (TPSA) is 105 Å². The van der Waals surface area contributed by atoms with Gasteiger partial charge in [0.2, 0.25) is 0 Å². The van der Waals surface area contributed by atoms with Crippen LogP contribution in [0.1, 0.15) is 43.0 Å².